The van der Waals surface area contributed by atoms with Crippen LogP contribution in [0.5, 0.6) is 0 Å². The van der Waals surface area contributed by atoms with Gasteiger partial charge in [-0.1, -0.05) is 92.7 Å². The van der Waals surface area contributed by atoms with Gasteiger partial charge in [0.1, 0.15) is 5.54 Å². The molecule has 0 radical (unpaired) electrons. The normalized spacial score (nSPS) is 26.1. The summed E-state index contributed by atoms with van der Waals surface area (Å²) in [6.07, 6.45) is 0.703. The zero-order chi connectivity index (χ0) is 21.0. The number of hydrogen-bond acceptors (Lipinski definition) is 3. The van der Waals surface area contributed by atoms with E-state index in [1.807, 2.05) is 42.5 Å². The molecule has 0 aromatic heterocycles. The number of benzene rings is 3. The molecule has 4 atom stereocenters. The topological polar surface area (TPSA) is 47.9 Å². The van der Waals surface area contributed by atoms with Gasteiger partial charge < -0.3 is 10.6 Å². The van der Waals surface area contributed by atoms with Crippen LogP contribution in [0.15, 0.2) is 91.0 Å². The lowest BCUT2D eigenvalue weighted by Crippen LogP contribution is -2.58. The van der Waals surface area contributed by atoms with Gasteiger partial charge in [-0.05, 0) is 29.2 Å². The zero-order valence-electron chi connectivity index (χ0n) is 17.6. The highest BCUT2D eigenvalue weighted by atomic mass is 15.1. The van der Waals surface area contributed by atoms with Gasteiger partial charge in [-0.2, -0.15) is 5.26 Å². The first-order chi connectivity index (χ1) is 14.6. The molecule has 1 aliphatic heterocycles. The van der Waals surface area contributed by atoms with E-state index in [1.54, 1.807) is 0 Å². The number of nitriles is 1. The fourth-order valence-electron chi connectivity index (χ4n) is 5.00. The maximum atomic E-state index is 10.6. The molecule has 0 aliphatic carbocycles. The fraction of sp³-hybridized carbons (Fsp3) is 0.296. The van der Waals surface area contributed by atoms with E-state index in [0.29, 0.717) is 12.3 Å². The van der Waals surface area contributed by atoms with Crippen LogP contribution in [-0.2, 0) is 0 Å². The number of rotatable bonds is 5. The molecule has 0 amide bonds. The maximum absolute atomic E-state index is 10.6. The van der Waals surface area contributed by atoms with Gasteiger partial charge in [0, 0.05) is 30.1 Å². The Morgan fingerprint density at radius 2 is 1.40 bits per heavy atom. The molecule has 3 nitrogen and oxygen atoms in total. The summed E-state index contributed by atoms with van der Waals surface area (Å²) < 4.78 is 0. The quantitative estimate of drug-likeness (QED) is 0.548. The molecule has 0 bridgehead atoms. The number of nitrogens with one attached hydrogen (secondary N) is 2. The number of piperidine rings is 1. The van der Waals surface area contributed by atoms with Crippen LogP contribution < -0.4 is 10.6 Å². The second kappa shape index (κ2) is 8.73. The van der Waals surface area contributed by atoms with Crippen molar-refractivity contribution in [1.29, 1.82) is 5.26 Å². The first-order valence-electron chi connectivity index (χ1n) is 10.7. The summed E-state index contributed by atoms with van der Waals surface area (Å²) in [6, 6.07) is 34.1. The van der Waals surface area contributed by atoms with Gasteiger partial charge in [0.25, 0.3) is 0 Å². The van der Waals surface area contributed by atoms with Crippen molar-refractivity contribution < 1.29 is 0 Å². The Hall–Kier alpha value is -3.09. The van der Waals surface area contributed by atoms with Gasteiger partial charge in [-0.15, -0.1) is 0 Å². The minimum Gasteiger partial charge on any atom is -0.367 e. The molecule has 3 heteroatoms. The third-order valence-electron chi connectivity index (χ3n) is 6.25. The van der Waals surface area contributed by atoms with Gasteiger partial charge >= 0.3 is 0 Å². The fourth-order valence-corrected chi connectivity index (χ4v) is 5.00. The van der Waals surface area contributed by atoms with Crippen LogP contribution >= 0.6 is 0 Å². The van der Waals surface area contributed by atoms with Crippen molar-refractivity contribution in [3.05, 3.63) is 102 Å². The summed E-state index contributed by atoms with van der Waals surface area (Å²) in [7, 11) is 0. The van der Waals surface area contributed by atoms with E-state index in [1.165, 1.54) is 11.1 Å². The van der Waals surface area contributed by atoms with Crippen molar-refractivity contribution >= 4 is 5.69 Å². The van der Waals surface area contributed by atoms with Crippen LogP contribution in [0, 0.1) is 23.2 Å². The molecule has 1 heterocycles. The lowest BCUT2D eigenvalue weighted by Gasteiger charge is -2.50. The highest BCUT2D eigenvalue weighted by Crippen LogP contribution is 2.47. The van der Waals surface area contributed by atoms with Crippen LogP contribution in [0.25, 0.3) is 0 Å². The second-order valence-corrected chi connectivity index (χ2v) is 8.57. The average Bonchev–Trinajstić information content (AvgIpc) is 2.80. The van der Waals surface area contributed by atoms with E-state index in [9.17, 15) is 5.26 Å². The molecule has 1 saturated heterocycles. The van der Waals surface area contributed by atoms with E-state index >= 15 is 0 Å². The summed E-state index contributed by atoms with van der Waals surface area (Å²) in [6.45, 7) is 4.45. The predicted octanol–water partition coefficient (Wildman–Crippen LogP) is 6.11. The lowest BCUT2D eigenvalue weighted by molar-refractivity contribution is 0.127. The van der Waals surface area contributed by atoms with Gasteiger partial charge in [0.2, 0.25) is 0 Å². The molecule has 30 heavy (non-hydrogen) atoms. The highest BCUT2D eigenvalue weighted by molar-refractivity contribution is 5.49. The van der Waals surface area contributed by atoms with Crippen molar-refractivity contribution in [2.45, 2.75) is 37.9 Å². The van der Waals surface area contributed by atoms with Crippen LogP contribution in [0.2, 0.25) is 0 Å². The van der Waals surface area contributed by atoms with Gasteiger partial charge in [-0.25, -0.2) is 0 Å². The van der Waals surface area contributed by atoms with E-state index in [2.05, 4.69) is 79.1 Å². The van der Waals surface area contributed by atoms with Gasteiger partial charge in [0.15, 0.2) is 0 Å². The average molecular weight is 396 g/mol. The number of nitrogens with zero attached hydrogens (tertiary/aromatic N) is 1. The number of anilines is 1. The Morgan fingerprint density at radius 3 is 1.93 bits per heavy atom. The Balaban J connectivity index is 1.82. The first kappa shape index (κ1) is 20.2. The molecule has 3 aromatic carbocycles. The summed E-state index contributed by atoms with van der Waals surface area (Å²) in [5, 5.41) is 18.2. The summed E-state index contributed by atoms with van der Waals surface area (Å²) >= 11 is 0. The Bertz CT molecular complexity index is 979. The van der Waals surface area contributed by atoms with Crippen molar-refractivity contribution in [1.82, 2.24) is 5.32 Å². The molecular weight excluding hydrogens is 366 g/mol. The molecule has 152 valence electrons. The molecular formula is C27H29N3. The Kier molecular flexibility index (Phi) is 5.88. The van der Waals surface area contributed by atoms with Crippen LogP contribution in [0.1, 0.15) is 43.5 Å². The lowest BCUT2D eigenvalue weighted by atomic mass is 9.65. The molecule has 1 fully saturated rings. The standard InChI is InChI=1S/C27H29N3/c1-20(2)25-26(22-14-8-4-9-15-22)29-24(21-12-6-3-7-13-21)18-27(25,19-28)30-23-16-10-5-11-17-23/h3-17,20,24-26,29-30H,18H2,1-2H3/t24-,25-,26-,27+/m0/s1. The van der Waals surface area contributed by atoms with Crippen LogP contribution in [0.3, 0.4) is 0 Å². The number of para-hydroxylation sites is 1. The molecule has 2 N–H and O–H groups in total. The first-order valence-corrected chi connectivity index (χ1v) is 10.7. The minimum atomic E-state index is -0.693. The number of hydrogen-bond donors (Lipinski definition) is 2. The van der Waals surface area contributed by atoms with E-state index in [0.717, 1.165) is 5.69 Å². The van der Waals surface area contributed by atoms with Crippen LogP contribution in [0.4, 0.5) is 5.69 Å². The smallest absolute Gasteiger partial charge is 0.132 e. The van der Waals surface area contributed by atoms with Crippen molar-refractivity contribution in [2.24, 2.45) is 11.8 Å². The van der Waals surface area contributed by atoms with Crippen molar-refractivity contribution in [3.63, 3.8) is 0 Å². The summed E-state index contributed by atoms with van der Waals surface area (Å²) in [5.74, 6) is 0.417. The largest absolute Gasteiger partial charge is 0.367 e. The van der Waals surface area contributed by atoms with E-state index < -0.39 is 5.54 Å². The SMILES string of the molecule is CC(C)[C@H]1[C@H](c2ccccc2)N[C@H](c2ccccc2)C[C@]1(C#N)Nc1ccccc1. The third-order valence-corrected chi connectivity index (χ3v) is 6.25. The Labute approximate surface area is 179 Å². The second-order valence-electron chi connectivity index (χ2n) is 8.57. The monoisotopic (exact) mass is 395 g/mol. The van der Waals surface area contributed by atoms with E-state index in [4.69, 9.17) is 0 Å². The predicted molar refractivity (Wildman–Crippen MR) is 123 cm³/mol. The molecule has 4 rings (SSSR count). The van der Waals surface area contributed by atoms with Gasteiger partial charge in [0.05, 0.1) is 6.07 Å². The Morgan fingerprint density at radius 1 is 0.867 bits per heavy atom. The molecule has 0 unspecified atom stereocenters. The summed E-state index contributed by atoms with van der Waals surface area (Å²) in [4.78, 5) is 0. The van der Waals surface area contributed by atoms with Crippen LogP contribution in [-0.4, -0.2) is 5.54 Å². The minimum absolute atomic E-state index is 0.0704. The molecule has 1 aliphatic rings. The van der Waals surface area contributed by atoms with Gasteiger partial charge in [-0.3, -0.25) is 0 Å². The maximum Gasteiger partial charge on any atom is 0.132 e. The van der Waals surface area contributed by atoms with Crippen molar-refractivity contribution in [2.75, 3.05) is 5.32 Å². The molecule has 0 saturated carbocycles. The highest BCUT2D eigenvalue weighted by Gasteiger charge is 2.51. The zero-order valence-corrected chi connectivity index (χ0v) is 17.6. The van der Waals surface area contributed by atoms with Crippen molar-refractivity contribution in [3.8, 4) is 6.07 Å². The summed E-state index contributed by atoms with van der Waals surface area (Å²) in [5.41, 5.74) is 2.74. The van der Waals surface area contributed by atoms with E-state index in [-0.39, 0.29) is 18.0 Å². The molecule has 0 spiro atoms. The third kappa shape index (κ3) is 3.97. The molecule has 3 aromatic rings.